The van der Waals surface area contributed by atoms with E-state index in [1.807, 2.05) is 84.9 Å². The molecule has 0 unspecified atom stereocenters. The van der Waals surface area contributed by atoms with E-state index in [0.717, 1.165) is 21.3 Å². The molecule has 0 aliphatic rings. The van der Waals surface area contributed by atoms with Crippen LogP contribution < -0.4 is 5.32 Å². The molecule has 0 aliphatic heterocycles. The van der Waals surface area contributed by atoms with Gasteiger partial charge in [-0.05, 0) is 12.1 Å². The lowest BCUT2D eigenvalue weighted by Crippen LogP contribution is -2.13. The monoisotopic (exact) mass is 397 g/mol. The van der Waals surface area contributed by atoms with E-state index in [1.54, 1.807) is 0 Å². The van der Waals surface area contributed by atoms with E-state index in [2.05, 4.69) is 15.5 Å². The van der Waals surface area contributed by atoms with Gasteiger partial charge in [0.05, 0.1) is 10.2 Å². The first-order valence-corrected chi connectivity index (χ1v) is 9.89. The van der Waals surface area contributed by atoms with Crippen LogP contribution in [0, 0.1) is 0 Å². The summed E-state index contributed by atoms with van der Waals surface area (Å²) >= 11 is 1.43. The van der Waals surface area contributed by atoms with E-state index in [-0.39, 0.29) is 5.91 Å². The number of hydrogen-bond donors (Lipinski definition) is 1. The average molecular weight is 397 g/mol. The molecule has 29 heavy (non-hydrogen) atoms. The number of para-hydroxylation sites is 1. The molecule has 5 nitrogen and oxygen atoms in total. The number of fused-ring (bicyclic) bond motifs is 1. The van der Waals surface area contributed by atoms with Crippen LogP contribution in [0.5, 0.6) is 0 Å². The van der Waals surface area contributed by atoms with Crippen molar-refractivity contribution in [3.05, 3.63) is 90.5 Å². The standard InChI is InChI=1S/C23H15N3O2S/c27-22(25-23-24-17-13-7-8-14-18(17)29-23)19-20(15-9-3-1-4-10-15)26-28-21(19)16-11-5-2-6-12-16/h1-14H,(H,24,25,27). The van der Waals surface area contributed by atoms with Crippen molar-refractivity contribution in [3.8, 4) is 22.6 Å². The highest BCUT2D eigenvalue weighted by molar-refractivity contribution is 7.22. The number of hydrogen-bond acceptors (Lipinski definition) is 5. The smallest absolute Gasteiger partial charge is 0.263 e. The van der Waals surface area contributed by atoms with E-state index in [4.69, 9.17) is 4.52 Å². The van der Waals surface area contributed by atoms with Crippen molar-refractivity contribution in [2.45, 2.75) is 0 Å². The maximum absolute atomic E-state index is 13.3. The third kappa shape index (κ3) is 3.30. The van der Waals surface area contributed by atoms with Crippen LogP contribution in [0.2, 0.25) is 0 Å². The summed E-state index contributed by atoms with van der Waals surface area (Å²) in [6.07, 6.45) is 0. The van der Waals surface area contributed by atoms with Crippen LogP contribution in [-0.4, -0.2) is 16.0 Å². The fourth-order valence-corrected chi connectivity index (χ4v) is 4.03. The Kier molecular flexibility index (Phi) is 4.38. The normalized spacial score (nSPS) is 10.9. The number of thiazole rings is 1. The lowest BCUT2D eigenvalue weighted by atomic mass is 10.0. The van der Waals surface area contributed by atoms with Crippen molar-refractivity contribution in [1.29, 1.82) is 0 Å². The number of amides is 1. The lowest BCUT2D eigenvalue weighted by Gasteiger charge is -2.05. The SMILES string of the molecule is O=C(Nc1nc2ccccc2s1)c1c(-c2ccccc2)noc1-c1ccccc1. The number of anilines is 1. The summed E-state index contributed by atoms with van der Waals surface area (Å²) in [5.74, 6) is 0.131. The zero-order valence-electron chi connectivity index (χ0n) is 15.2. The Morgan fingerprint density at radius 2 is 1.48 bits per heavy atom. The third-order valence-corrected chi connectivity index (χ3v) is 5.47. The fourth-order valence-electron chi connectivity index (χ4n) is 3.17. The number of aromatic nitrogens is 2. The molecule has 0 saturated carbocycles. The van der Waals surface area contributed by atoms with E-state index in [1.165, 1.54) is 11.3 Å². The van der Waals surface area contributed by atoms with E-state index in [9.17, 15) is 4.79 Å². The maximum atomic E-state index is 13.3. The van der Waals surface area contributed by atoms with Crippen LogP contribution in [0.25, 0.3) is 32.8 Å². The zero-order chi connectivity index (χ0) is 19.6. The molecule has 5 aromatic rings. The predicted octanol–water partition coefficient (Wildman–Crippen LogP) is 5.87. The van der Waals surface area contributed by atoms with Gasteiger partial charge in [-0.15, -0.1) is 0 Å². The van der Waals surface area contributed by atoms with Gasteiger partial charge in [0, 0.05) is 11.1 Å². The molecule has 0 radical (unpaired) electrons. The number of rotatable bonds is 4. The first kappa shape index (κ1) is 17.3. The second-order valence-electron chi connectivity index (χ2n) is 6.41. The van der Waals surface area contributed by atoms with Crippen molar-refractivity contribution in [2.75, 3.05) is 5.32 Å². The minimum absolute atomic E-state index is 0.303. The summed E-state index contributed by atoms with van der Waals surface area (Å²) in [7, 11) is 0. The number of carbonyl (C=O) groups is 1. The predicted molar refractivity (Wildman–Crippen MR) is 115 cm³/mol. The van der Waals surface area contributed by atoms with Gasteiger partial charge < -0.3 is 4.52 Å². The van der Waals surface area contributed by atoms with Crippen LogP contribution in [0.4, 0.5) is 5.13 Å². The number of nitrogens with zero attached hydrogens (tertiary/aromatic N) is 2. The van der Waals surface area contributed by atoms with Gasteiger partial charge in [-0.25, -0.2) is 4.98 Å². The van der Waals surface area contributed by atoms with Crippen LogP contribution in [0.1, 0.15) is 10.4 Å². The molecule has 2 heterocycles. The van der Waals surface area contributed by atoms with Gasteiger partial charge in [-0.2, -0.15) is 0 Å². The molecule has 6 heteroatoms. The molecule has 1 amide bonds. The van der Waals surface area contributed by atoms with Crippen molar-refractivity contribution in [3.63, 3.8) is 0 Å². The molecule has 5 rings (SSSR count). The van der Waals surface area contributed by atoms with Gasteiger partial charge >= 0.3 is 0 Å². The topological polar surface area (TPSA) is 68.0 Å². The van der Waals surface area contributed by atoms with E-state index >= 15 is 0 Å². The summed E-state index contributed by atoms with van der Waals surface area (Å²) in [4.78, 5) is 17.8. The van der Waals surface area contributed by atoms with Crippen LogP contribution in [0.3, 0.4) is 0 Å². The molecular formula is C23H15N3O2S. The summed E-state index contributed by atoms with van der Waals surface area (Å²) in [5, 5.41) is 7.68. The zero-order valence-corrected chi connectivity index (χ0v) is 16.0. The van der Waals surface area contributed by atoms with Crippen molar-refractivity contribution in [1.82, 2.24) is 10.1 Å². The Morgan fingerprint density at radius 3 is 2.21 bits per heavy atom. The van der Waals surface area contributed by atoms with Crippen molar-refractivity contribution in [2.24, 2.45) is 0 Å². The number of nitrogens with one attached hydrogen (secondary N) is 1. The molecular weight excluding hydrogens is 382 g/mol. The Morgan fingerprint density at radius 1 is 0.828 bits per heavy atom. The highest BCUT2D eigenvalue weighted by atomic mass is 32.1. The number of benzene rings is 3. The Labute approximate surface area is 170 Å². The molecule has 1 N–H and O–H groups in total. The largest absolute Gasteiger partial charge is 0.355 e. The highest BCUT2D eigenvalue weighted by Gasteiger charge is 2.25. The van der Waals surface area contributed by atoms with Gasteiger partial charge in [0.1, 0.15) is 11.3 Å². The molecule has 0 spiro atoms. The van der Waals surface area contributed by atoms with E-state index in [0.29, 0.717) is 22.1 Å². The Hall–Kier alpha value is -3.77. The van der Waals surface area contributed by atoms with Crippen molar-refractivity contribution >= 4 is 32.6 Å². The van der Waals surface area contributed by atoms with Crippen molar-refractivity contribution < 1.29 is 9.32 Å². The second kappa shape index (κ2) is 7.33. The molecule has 140 valence electrons. The molecule has 0 saturated heterocycles. The molecule has 2 aromatic heterocycles. The van der Waals surface area contributed by atoms with Crippen LogP contribution in [-0.2, 0) is 0 Å². The van der Waals surface area contributed by atoms with Gasteiger partial charge in [0.2, 0.25) is 0 Å². The van der Waals surface area contributed by atoms with Crippen LogP contribution in [0.15, 0.2) is 89.5 Å². The molecule has 0 atom stereocenters. The summed E-state index contributed by atoms with van der Waals surface area (Å²) in [6, 6.07) is 26.8. The van der Waals surface area contributed by atoms with Gasteiger partial charge in [0.25, 0.3) is 5.91 Å². The minimum Gasteiger partial charge on any atom is -0.355 e. The average Bonchev–Trinajstić information content (AvgIpc) is 3.39. The Balaban J connectivity index is 1.59. The van der Waals surface area contributed by atoms with Gasteiger partial charge in [0.15, 0.2) is 10.9 Å². The summed E-state index contributed by atoms with van der Waals surface area (Å²) in [6.45, 7) is 0. The number of carbonyl (C=O) groups excluding carboxylic acids is 1. The summed E-state index contributed by atoms with van der Waals surface area (Å²) < 4.78 is 6.64. The minimum atomic E-state index is -0.303. The maximum Gasteiger partial charge on any atom is 0.263 e. The third-order valence-electron chi connectivity index (χ3n) is 4.52. The second-order valence-corrected chi connectivity index (χ2v) is 7.44. The summed E-state index contributed by atoms with van der Waals surface area (Å²) in [5.41, 5.74) is 3.35. The quantitative estimate of drug-likeness (QED) is 0.412. The van der Waals surface area contributed by atoms with Crippen LogP contribution >= 0.6 is 11.3 Å². The first-order valence-electron chi connectivity index (χ1n) is 9.07. The highest BCUT2D eigenvalue weighted by Crippen LogP contribution is 2.33. The van der Waals surface area contributed by atoms with Gasteiger partial charge in [-0.3, -0.25) is 10.1 Å². The fraction of sp³-hybridized carbons (Fsp3) is 0. The first-order chi connectivity index (χ1) is 14.3. The van der Waals surface area contributed by atoms with E-state index < -0.39 is 0 Å². The molecule has 0 fully saturated rings. The molecule has 3 aromatic carbocycles. The lowest BCUT2D eigenvalue weighted by molar-refractivity contribution is 0.102. The Bertz CT molecular complexity index is 1200. The molecule has 0 aliphatic carbocycles. The van der Waals surface area contributed by atoms with Gasteiger partial charge in [-0.1, -0.05) is 89.3 Å². The molecule has 0 bridgehead atoms.